The second-order valence-electron chi connectivity index (χ2n) is 6.56. The summed E-state index contributed by atoms with van der Waals surface area (Å²) < 4.78 is 15.0. The minimum Gasteiger partial charge on any atom is -0.393 e. The molecule has 0 fully saturated rings. The Morgan fingerprint density at radius 3 is 2.93 bits per heavy atom. The van der Waals surface area contributed by atoms with Crippen molar-refractivity contribution in [2.24, 2.45) is 0 Å². The lowest BCUT2D eigenvalue weighted by atomic mass is 10.1. The summed E-state index contributed by atoms with van der Waals surface area (Å²) in [6.07, 6.45) is 5.22. The fourth-order valence-electron chi connectivity index (χ4n) is 3.12. The van der Waals surface area contributed by atoms with E-state index in [1.807, 2.05) is 6.92 Å². The number of pyridine rings is 1. The number of nitrogens with one attached hydrogen (secondary N) is 1. The topological polar surface area (TPSA) is 118 Å². The average molecular weight is 386 g/mol. The van der Waals surface area contributed by atoms with E-state index < -0.39 is 5.95 Å². The van der Waals surface area contributed by atoms with Crippen LogP contribution >= 0.6 is 0 Å². The van der Waals surface area contributed by atoms with Gasteiger partial charge in [0.25, 0.3) is 5.91 Å². The molecule has 0 aliphatic rings. The van der Waals surface area contributed by atoms with Crippen molar-refractivity contribution in [2.45, 2.75) is 38.7 Å². The lowest BCUT2D eigenvalue weighted by Crippen LogP contribution is -2.25. The van der Waals surface area contributed by atoms with Crippen LogP contribution in [0.1, 0.15) is 43.0 Å². The molecule has 0 saturated heterocycles. The normalized spacial score (nSPS) is 12.2. The summed E-state index contributed by atoms with van der Waals surface area (Å²) in [7, 11) is 0. The van der Waals surface area contributed by atoms with Gasteiger partial charge in [0.1, 0.15) is 11.8 Å². The van der Waals surface area contributed by atoms with Crippen molar-refractivity contribution in [2.75, 3.05) is 12.3 Å². The molecule has 0 aliphatic heterocycles. The monoisotopic (exact) mass is 386 g/mol. The molecule has 0 aliphatic carbocycles. The molecule has 1 amide bonds. The van der Waals surface area contributed by atoms with Gasteiger partial charge in [-0.15, -0.1) is 0 Å². The second kappa shape index (κ2) is 8.75. The Balaban J connectivity index is 1.84. The van der Waals surface area contributed by atoms with E-state index in [4.69, 9.17) is 5.73 Å². The van der Waals surface area contributed by atoms with Crippen molar-refractivity contribution in [3.63, 3.8) is 0 Å². The van der Waals surface area contributed by atoms with Gasteiger partial charge in [-0.1, -0.05) is 13.3 Å². The van der Waals surface area contributed by atoms with Crippen LogP contribution in [0.3, 0.4) is 0 Å². The third-order valence-electron chi connectivity index (χ3n) is 4.47. The zero-order chi connectivity index (χ0) is 20.1. The van der Waals surface area contributed by atoms with E-state index in [1.54, 1.807) is 12.1 Å². The minimum atomic E-state index is -0.633. The number of carbonyl (C=O) groups excluding carboxylic acids is 1. The highest BCUT2D eigenvalue weighted by Crippen LogP contribution is 2.27. The van der Waals surface area contributed by atoms with Gasteiger partial charge in [-0.2, -0.15) is 9.49 Å². The molecule has 3 rings (SSSR count). The number of hydrogen-bond donors (Lipinski definition) is 3. The molecular formula is C19H23FN6O2. The Morgan fingerprint density at radius 1 is 1.36 bits per heavy atom. The number of aliphatic hydroxyl groups is 1. The Labute approximate surface area is 161 Å². The Hall–Kier alpha value is -3.07. The first-order valence-corrected chi connectivity index (χ1v) is 9.21. The van der Waals surface area contributed by atoms with Crippen molar-refractivity contribution >= 4 is 17.2 Å². The number of nitrogens with zero attached hydrogens (tertiary/aromatic N) is 4. The lowest BCUT2D eigenvalue weighted by molar-refractivity contribution is 0.0949. The predicted octanol–water partition coefficient (Wildman–Crippen LogP) is 2.18. The lowest BCUT2D eigenvalue weighted by Gasteiger charge is -2.09. The molecule has 28 heavy (non-hydrogen) atoms. The predicted molar refractivity (Wildman–Crippen MR) is 103 cm³/mol. The number of nitrogen functional groups attached to an aromatic ring is 1. The molecule has 0 bridgehead atoms. The average Bonchev–Trinajstić information content (AvgIpc) is 3.06. The zero-order valence-corrected chi connectivity index (χ0v) is 15.6. The summed E-state index contributed by atoms with van der Waals surface area (Å²) in [4.78, 5) is 20.2. The Bertz CT molecular complexity index is 974. The third-order valence-corrected chi connectivity index (χ3v) is 4.47. The zero-order valence-electron chi connectivity index (χ0n) is 15.6. The van der Waals surface area contributed by atoms with Crippen LogP contribution in [0.15, 0.2) is 30.7 Å². The van der Waals surface area contributed by atoms with Gasteiger partial charge in [0.15, 0.2) is 5.82 Å². The molecule has 3 heterocycles. The number of aromatic nitrogens is 4. The van der Waals surface area contributed by atoms with Crippen molar-refractivity contribution in [1.82, 2.24) is 24.9 Å². The fourth-order valence-corrected chi connectivity index (χ4v) is 3.12. The van der Waals surface area contributed by atoms with Crippen LogP contribution < -0.4 is 11.1 Å². The van der Waals surface area contributed by atoms with Crippen molar-refractivity contribution in [3.8, 4) is 11.3 Å². The van der Waals surface area contributed by atoms with Crippen LogP contribution in [-0.2, 0) is 0 Å². The van der Waals surface area contributed by atoms with Gasteiger partial charge < -0.3 is 16.2 Å². The van der Waals surface area contributed by atoms with Gasteiger partial charge in [-0.05, 0) is 31.4 Å². The maximum absolute atomic E-state index is 13.5. The number of halogens is 1. The number of amides is 1. The molecule has 0 unspecified atom stereocenters. The molecule has 0 saturated carbocycles. The molecule has 4 N–H and O–H groups in total. The summed E-state index contributed by atoms with van der Waals surface area (Å²) in [6.45, 7) is 2.44. The van der Waals surface area contributed by atoms with Gasteiger partial charge in [0, 0.05) is 24.4 Å². The van der Waals surface area contributed by atoms with Crippen molar-refractivity contribution in [1.29, 1.82) is 0 Å². The first kappa shape index (κ1) is 19.7. The highest BCUT2D eigenvalue weighted by molar-refractivity contribution is 6.05. The van der Waals surface area contributed by atoms with E-state index in [2.05, 4.69) is 20.4 Å². The minimum absolute atomic E-state index is 0.152. The molecule has 148 valence electrons. The van der Waals surface area contributed by atoms with Gasteiger partial charge in [0.2, 0.25) is 5.95 Å². The van der Waals surface area contributed by atoms with E-state index in [0.29, 0.717) is 41.7 Å². The number of fused-ring (bicyclic) bond motifs is 1. The van der Waals surface area contributed by atoms with Gasteiger partial charge in [-0.25, -0.2) is 14.5 Å². The molecule has 1 atom stereocenters. The molecule has 0 spiro atoms. The number of aliphatic hydroxyl groups excluding tert-OH is 1. The number of nitrogens with two attached hydrogens (primary N) is 1. The summed E-state index contributed by atoms with van der Waals surface area (Å²) in [5.41, 5.74) is 7.66. The van der Waals surface area contributed by atoms with Crippen LogP contribution in [0.5, 0.6) is 0 Å². The summed E-state index contributed by atoms with van der Waals surface area (Å²) in [6, 6.07) is 4.49. The van der Waals surface area contributed by atoms with Gasteiger partial charge in [-0.3, -0.25) is 4.79 Å². The summed E-state index contributed by atoms with van der Waals surface area (Å²) in [5.74, 6) is -0.810. The number of rotatable bonds is 8. The summed E-state index contributed by atoms with van der Waals surface area (Å²) in [5, 5.41) is 16.8. The molecule has 8 nitrogen and oxygen atoms in total. The molecule has 0 aromatic carbocycles. The van der Waals surface area contributed by atoms with Crippen LogP contribution in [-0.4, -0.2) is 43.2 Å². The smallest absolute Gasteiger partial charge is 0.253 e. The van der Waals surface area contributed by atoms with E-state index in [1.165, 1.54) is 23.1 Å². The van der Waals surface area contributed by atoms with E-state index in [0.717, 1.165) is 12.8 Å². The maximum Gasteiger partial charge on any atom is 0.253 e. The fraction of sp³-hybridized carbons (Fsp3) is 0.368. The molecule has 0 radical (unpaired) electrons. The number of carbonyl (C=O) groups is 1. The maximum atomic E-state index is 13.5. The standard InChI is InChI=1S/C19H23FN6O2/c1-2-4-13(27)5-3-7-23-19(28)14-10-15(12-6-8-22-16(20)9-12)26-17(14)18(21)24-11-25-26/h6,8-11,13,27H,2-5,7H2,1H3,(H,23,28)(H2,21,24,25)/t13-/m0/s1. The first-order chi connectivity index (χ1) is 13.5. The van der Waals surface area contributed by atoms with Crippen LogP contribution in [0.25, 0.3) is 16.8 Å². The van der Waals surface area contributed by atoms with E-state index >= 15 is 0 Å². The Morgan fingerprint density at radius 2 is 2.18 bits per heavy atom. The highest BCUT2D eigenvalue weighted by atomic mass is 19.1. The largest absolute Gasteiger partial charge is 0.393 e. The third kappa shape index (κ3) is 4.25. The number of hydrogen-bond acceptors (Lipinski definition) is 6. The Kier molecular flexibility index (Phi) is 6.15. The van der Waals surface area contributed by atoms with Gasteiger partial charge >= 0.3 is 0 Å². The molecule has 3 aromatic heterocycles. The summed E-state index contributed by atoms with van der Waals surface area (Å²) >= 11 is 0. The van der Waals surface area contributed by atoms with Crippen molar-refractivity contribution in [3.05, 3.63) is 42.2 Å². The SMILES string of the molecule is CCC[C@H](O)CCCNC(=O)c1cc(-c2ccnc(F)c2)n2ncnc(N)c12. The van der Waals surface area contributed by atoms with E-state index in [-0.39, 0.29) is 17.8 Å². The number of anilines is 1. The van der Waals surface area contributed by atoms with Gasteiger partial charge in [0.05, 0.1) is 17.4 Å². The quantitative estimate of drug-likeness (QED) is 0.403. The first-order valence-electron chi connectivity index (χ1n) is 9.21. The molecule has 3 aromatic rings. The molecule has 9 heteroatoms. The van der Waals surface area contributed by atoms with Crippen LogP contribution in [0.4, 0.5) is 10.2 Å². The molecular weight excluding hydrogens is 363 g/mol. The van der Waals surface area contributed by atoms with Crippen LogP contribution in [0, 0.1) is 5.95 Å². The second-order valence-corrected chi connectivity index (χ2v) is 6.56. The highest BCUT2D eigenvalue weighted by Gasteiger charge is 2.20. The van der Waals surface area contributed by atoms with Crippen LogP contribution in [0.2, 0.25) is 0 Å². The van der Waals surface area contributed by atoms with Crippen molar-refractivity contribution < 1.29 is 14.3 Å². The van der Waals surface area contributed by atoms with E-state index in [9.17, 15) is 14.3 Å².